The van der Waals surface area contributed by atoms with Gasteiger partial charge in [0.15, 0.2) is 0 Å². The summed E-state index contributed by atoms with van der Waals surface area (Å²) in [5.74, 6) is 0.832. The average Bonchev–Trinajstić information content (AvgIpc) is 3.32. The molecule has 5 heteroatoms. The monoisotopic (exact) mass is 347 g/mol. The van der Waals surface area contributed by atoms with E-state index in [1.165, 1.54) is 5.56 Å². The lowest BCUT2D eigenvalue weighted by atomic mass is 10.1. The highest BCUT2D eigenvalue weighted by Gasteiger charge is 2.17. The fraction of sp³-hybridized carbons (Fsp3) is 0.100. The first-order valence-electron chi connectivity index (χ1n) is 8.01. The molecule has 0 aliphatic heterocycles. The van der Waals surface area contributed by atoms with Crippen LogP contribution < -0.4 is 4.74 Å². The van der Waals surface area contributed by atoms with Gasteiger partial charge in [-0.3, -0.25) is 0 Å². The van der Waals surface area contributed by atoms with Crippen molar-refractivity contribution < 1.29 is 4.74 Å². The Kier molecular flexibility index (Phi) is 4.31. The zero-order valence-corrected chi connectivity index (χ0v) is 14.6. The van der Waals surface area contributed by atoms with Crippen LogP contribution in [-0.4, -0.2) is 22.1 Å². The molecule has 0 fully saturated rings. The van der Waals surface area contributed by atoms with Crippen molar-refractivity contribution in [1.82, 2.24) is 15.0 Å². The van der Waals surface area contributed by atoms with Crippen LogP contribution in [0.3, 0.4) is 0 Å². The normalized spacial score (nSPS) is 10.8. The van der Waals surface area contributed by atoms with Crippen LogP contribution in [0.2, 0.25) is 0 Å². The van der Waals surface area contributed by atoms with Crippen LogP contribution in [0.25, 0.3) is 21.8 Å². The number of hydrogen-bond acceptors (Lipinski definition) is 4. The molecule has 0 unspecified atom stereocenters. The molecule has 2 heterocycles. The van der Waals surface area contributed by atoms with Crippen molar-refractivity contribution in [3.05, 3.63) is 77.7 Å². The molecule has 0 spiro atoms. The van der Waals surface area contributed by atoms with Crippen LogP contribution in [0.1, 0.15) is 5.56 Å². The molecule has 4 rings (SSSR count). The molecular formula is C20H17N3OS. The van der Waals surface area contributed by atoms with E-state index in [9.17, 15) is 0 Å². The number of ether oxygens (including phenoxy) is 1. The second-order valence-electron chi connectivity index (χ2n) is 5.64. The average molecular weight is 347 g/mol. The molecule has 0 N–H and O–H groups in total. The van der Waals surface area contributed by atoms with E-state index in [0.29, 0.717) is 6.54 Å². The SMILES string of the molecule is COc1ccc(-c2nnn(Cc3ccccc3)c2-c2cccs2)cc1. The number of methoxy groups -OCH3 is 1. The third kappa shape index (κ3) is 3.19. The molecule has 0 radical (unpaired) electrons. The summed E-state index contributed by atoms with van der Waals surface area (Å²) in [7, 11) is 1.67. The topological polar surface area (TPSA) is 39.9 Å². The van der Waals surface area contributed by atoms with Gasteiger partial charge in [0, 0.05) is 5.56 Å². The van der Waals surface area contributed by atoms with Crippen LogP contribution in [0.5, 0.6) is 5.75 Å². The van der Waals surface area contributed by atoms with Crippen LogP contribution in [0.15, 0.2) is 72.1 Å². The van der Waals surface area contributed by atoms with E-state index in [2.05, 4.69) is 40.0 Å². The maximum Gasteiger partial charge on any atom is 0.121 e. The van der Waals surface area contributed by atoms with Gasteiger partial charge in [-0.15, -0.1) is 16.4 Å². The summed E-state index contributed by atoms with van der Waals surface area (Å²) < 4.78 is 7.23. The van der Waals surface area contributed by atoms with Crippen molar-refractivity contribution in [1.29, 1.82) is 0 Å². The maximum absolute atomic E-state index is 5.25. The Balaban J connectivity index is 1.79. The summed E-state index contributed by atoms with van der Waals surface area (Å²) in [5, 5.41) is 11.0. The van der Waals surface area contributed by atoms with E-state index in [-0.39, 0.29) is 0 Å². The zero-order chi connectivity index (χ0) is 17.1. The van der Waals surface area contributed by atoms with Gasteiger partial charge in [0.2, 0.25) is 0 Å². The molecule has 0 aliphatic carbocycles. The Morgan fingerprint density at radius 2 is 1.76 bits per heavy atom. The van der Waals surface area contributed by atoms with Crippen molar-refractivity contribution in [3.63, 3.8) is 0 Å². The van der Waals surface area contributed by atoms with Gasteiger partial charge in [0.1, 0.15) is 17.1 Å². The summed E-state index contributed by atoms with van der Waals surface area (Å²) in [4.78, 5) is 1.16. The van der Waals surface area contributed by atoms with E-state index < -0.39 is 0 Å². The van der Waals surface area contributed by atoms with E-state index >= 15 is 0 Å². The lowest BCUT2D eigenvalue weighted by molar-refractivity contribution is 0.415. The van der Waals surface area contributed by atoms with Gasteiger partial charge in [-0.05, 0) is 41.3 Å². The Bertz CT molecular complexity index is 945. The molecule has 2 aromatic heterocycles. The van der Waals surface area contributed by atoms with Gasteiger partial charge >= 0.3 is 0 Å². The molecule has 25 heavy (non-hydrogen) atoms. The molecule has 0 atom stereocenters. The summed E-state index contributed by atoms with van der Waals surface area (Å²) in [6, 6.07) is 22.4. The van der Waals surface area contributed by atoms with Gasteiger partial charge in [0.25, 0.3) is 0 Å². The van der Waals surface area contributed by atoms with Crippen molar-refractivity contribution >= 4 is 11.3 Å². The molecular weight excluding hydrogens is 330 g/mol. The number of rotatable bonds is 5. The summed E-state index contributed by atoms with van der Waals surface area (Å²) in [6.45, 7) is 0.692. The highest BCUT2D eigenvalue weighted by atomic mass is 32.1. The van der Waals surface area contributed by atoms with E-state index in [1.54, 1.807) is 18.4 Å². The fourth-order valence-corrected chi connectivity index (χ4v) is 3.56. The third-order valence-electron chi connectivity index (χ3n) is 4.03. The Morgan fingerprint density at radius 3 is 2.44 bits per heavy atom. The van der Waals surface area contributed by atoms with E-state index in [0.717, 1.165) is 27.6 Å². The first-order chi connectivity index (χ1) is 12.3. The standard InChI is InChI=1S/C20H17N3OS/c1-24-17-11-9-16(10-12-17)19-20(18-8-5-13-25-18)23(22-21-19)14-15-6-3-2-4-7-15/h2-13H,14H2,1H3. The predicted octanol–water partition coefficient (Wildman–Crippen LogP) is 4.73. The zero-order valence-electron chi connectivity index (χ0n) is 13.8. The lowest BCUT2D eigenvalue weighted by Gasteiger charge is -2.07. The van der Waals surface area contributed by atoms with Crippen molar-refractivity contribution in [2.45, 2.75) is 6.54 Å². The minimum atomic E-state index is 0.692. The molecule has 0 amide bonds. The highest BCUT2D eigenvalue weighted by molar-refractivity contribution is 7.13. The summed E-state index contributed by atoms with van der Waals surface area (Å²) >= 11 is 1.70. The number of hydrogen-bond donors (Lipinski definition) is 0. The summed E-state index contributed by atoms with van der Waals surface area (Å²) in [5.41, 5.74) is 4.17. The second-order valence-corrected chi connectivity index (χ2v) is 6.58. The highest BCUT2D eigenvalue weighted by Crippen LogP contribution is 2.34. The number of nitrogens with zero attached hydrogens (tertiary/aromatic N) is 3. The third-order valence-corrected chi connectivity index (χ3v) is 4.90. The first kappa shape index (κ1) is 15.6. The van der Waals surface area contributed by atoms with Gasteiger partial charge in [-0.2, -0.15) is 0 Å². The number of benzene rings is 2. The predicted molar refractivity (Wildman–Crippen MR) is 101 cm³/mol. The van der Waals surface area contributed by atoms with Crippen molar-refractivity contribution in [2.24, 2.45) is 0 Å². The molecule has 2 aromatic carbocycles. The molecule has 4 nitrogen and oxygen atoms in total. The Morgan fingerprint density at radius 1 is 0.960 bits per heavy atom. The molecule has 0 aliphatic rings. The van der Waals surface area contributed by atoms with Gasteiger partial charge in [0.05, 0.1) is 18.5 Å². The minimum Gasteiger partial charge on any atom is -0.497 e. The van der Waals surface area contributed by atoms with Crippen LogP contribution >= 0.6 is 11.3 Å². The first-order valence-corrected chi connectivity index (χ1v) is 8.89. The van der Waals surface area contributed by atoms with Gasteiger partial charge < -0.3 is 4.74 Å². The van der Waals surface area contributed by atoms with Gasteiger partial charge in [-0.25, -0.2) is 4.68 Å². The van der Waals surface area contributed by atoms with Crippen LogP contribution in [0, 0.1) is 0 Å². The van der Waals surface area contributed by atoms with E-state index in [1.807, 2.05) is 47.1 Å². The van der Waals surface area contributed by atoms with Crippen molar-refractivity contribution in [2.75, 3.05) is 7.11 Å². The lowest BCUT2D eigenvalue weighted by Crippen LogP contribution is -2.03. The second kappa shape index (κ2) is 6.91. The van der Waals surface area contributed by atoms with Gasteiger partial charge in [-0.1, -0.05) is 41.6 Å². The van der Waals surface area contributed by atoms with Crippen LogP contribution in [0.4, 0.5) is 0 Å². The molecule has 0 bridgehead atoms. The smallest absolute Gasteiger partial charge is 0.121 e. The minimum absolute atomic E-state index is 0.692. The summed E-state index contributed by atoms with van der Waals surface area (Å²) in [6.07, 6.45) is 0. The molecule has 124 valence electrons. The number of aromatic nitrogens is 3. The Labute approximate surface area is 150 Å². The largest absolute Gasteiger partial charge is 0.497 e. The fourth-order valence-electron chi connectivity index (χ4n) is 2.78. The Hall–Kier alpha value is -2.92. The maximum atomic E-state index is 5.25. The van der Waals surface area contributed by atoms with Crippen molar-refractivity contribution in [3.8, 4) is 27.6 Å². The van der Waals surface area contributed by atoms with Crippen LogP contribution in [-0.2, 0) is 6.54 Å². The quantitative estimate of drug-likeness (QED) is 0.524. The number of thiophene rings is 1. The molecule has 0 saturated heterocycles. The molecule has 4 aromatic rings. The molecule has 0 saturated carbocycles. The van der Waals surface area contributed by atoms with E-state index in [4.69, 9.17) is 4.74 Å².